The van der Waals surface area contributed by atoms with Gasteiger partial charge in [-0.05, 0) is 18.6 Å². The fraction of sp³-hybridized carbons (Fsp3) is 0.333. The summed E-state index contributed by atoms with van der Waals surface area (Å²) in [5, 5.41) is 0.373. The molecule has 0 aromatic heterocycles. The van der Waals surface area contributed by atoms with Crippen LogP contribution in [0.2, 0.25) is 5.02 Å². The highest BCUT2D eigenvalue weighted by atomic mass is 35.5. The molecule has 0 aliphatic rings. The topological polar surface area (TPSA) is 52.0 Å². The summed E-state index contributed by atoms with van der Waals surface area (Å²) in [6, 6.07) is 2.43. The Morgan fingerprint density at radius 3 is 2.69 bits per heavy atom. The molecule has 0 aliphatic heterocycles. The Balaban J connectivity index is 3.25. The van der Waals surface area contributed by atoms with E-state index in [1.165, 1.54) is 6.07 Å². The van der Waals surface area contributed by atoms with E-state index in [0.29, 0.717) is 10.6 Å². The fourth-order valence-electron chi connectivity index (χ4n) is 1.14. The lowest BCUT2D eigenvalue weighted by molar-refractivity contribution is 0.583. The SMILES string of the molecule is Cc1ccc(F)c(C(N)CN)c1Cl. The third-order valence-electron chi connectivity index (χ3n) is 1.94. The van der Waals surface area contributed by atoms with Crippen molar-refractivity contribution in [3.05, 3.63) is 34.1 Å². The van der Waals surface area contributed by atoms with E-state index in [9.17, 15) is 4.39 Å². The van der Waals surface area contributed by atoms with E-state index in [0.717, 1.165) is 5.56 Å². The van der Waals surface area contributed by atoms with Gasteiger partial charge in [-0.3, -0.25) is 0 Å². The zero-order valence-corrected chi connectivity index (χ0v) is 8.11. The monoisotopic (exact) mass is 202 g/mol. The Hall–Kier alpha value is -0.640. The van der Waals surface area contributed by atoms with Crippen molar-refractivity contribution in [2.45, 2.75) is 13.0 Å². The van der Waals surface area contributed by atoms with Gasteiger partial charge in [-0.1, -0.05) is 17.7 Å². The molecule has 1 rings (SSSR count). The first-order valence-electron chi connectivity index (χ1n) is 3.98. The molecule has 1 aromatic rings. The van der Waals surface area contributed by atoms with Crippen molar-refractivity contribution in [2.24, 2.45) is 11.5 Å². The van der Waals surface area contributed by atoms with Gasteiger partial charge in [0.15, 0.2) is 0 Å². The number of nitrogens with two attached hydrogens (primary N) is 2. The Morgan fingerprint density at radius 2 is 2.15 bits per heavy atom. The predicted octanol–water partition coefficient (Wildman–Crippen LogP) is 1.75. The maximum atomic E-state index is 13.2. The van der Waals surface area contributed by atoms with E-state index in [1.807, 2.05) is 0 Å². The van der Waals surface area contributed by atoms with Crippen molar-refractivity contribution in [3.8, 4) is 0 Å². The van der Waals surface area contributed by atoms with Crippen molar-refractivity contribution in [3.63, 3.8) is 0 Å². The molecule has 0 radical (unpaired) electrons. The number of benzene rings is 1. The van der Waals surface area contributed by atoms with Crippen molar-refractivity contribution in [1.29, 1.82) is 0 Å². The molecule has 1 aromatic carbocycles. The van der Waals surface area contributed by atoms with Gasteiger partial charge < -0.3 is 11.5 Å². The van der Waals surface area contributed by atoms with Gasteiger partial charge in [0.1, 0.15) is 5.82 Å². The van der Waals surface area contributed by atoms with E-state index in [-0.39, 0.29) is 6.54 Å². The summed E-state index contributed by atoms with van der Waals surface area (Å²) in [6.07, 6.45) is 0. The quantitative estimate of drug-likeness (QED) is 0.768. The van der Waals surface area contributed by atoms with Crippen LogP contribution < -0.4 is 11.5 Å². The average Bonchev–Trinajstić information content (AvgIpc) is 2.12. The summed E-state index contributed by atoms with van der Waals surface area (Å²) in [4.78, 5) is 0. The Morgan fingerprint density at radius 1 is 1.54 bits per heavy atom. The number of hydrogen-bond acceptors (Lipinski definition) is 2. The Labute approximate surface area is 81.7 Å². The van der Waals surface area contributed by atoms with Gasteiger partial charge in [-0.2, -0.15) is 0 Å². The smallest absolute Gasteiger partial charge is 0.129 e. The summed E-state index contributed by atoms with van der Waals surface area (Å²) in [5.41, 5.74) is 12.1. The summed E-state index contributed by atoms with van der Waals surface area (Å²) in [7, 11) is 0. The summed E-state index contributed by atoms with van der Waals surface area (Å²) < 4.78 is 13.2. The lowest BCUT2D eigenvalue weighted by Gasteiger charge is -2.13. The van der Waals surface area contributed by atoms with E-state index < -0.39 is 11.9 Å². The second-order valence-electron chi connectivity index (χ2n) is 2.93. The van der Waals surface area contributed by atoms with E-state index in [4.69, 9.17) is 23.1 Å². The third kappa shape index (κ3) is 1.99. The van der Waals surface area contributed by atoms with Crippen molar-refractivity contribution in [1.82, 2.24) is 0 Å². The molecule has 0 saturated heterocycles. The molecular formula is C9H12ClFN2. The molecule has 4 heteroatoms. The Kier molecular flexibility index (Phi) is 3.25. The molecule has 1 unspecified atom stereocenters. The Bertz CT molecular complexity index is 315. The molecule has 0 spiro atoms. The maximum absolute atomic E-state index is 13.2. The van der Waals surface area contributed by atoms with Crippen LogP contribution in [0, 0.1) is 12.7 Å². The van der Waals surface area contributed by atoms with Crippen molar-refractivity contribution >= 4 is 11.6 Å². The first kappa shape index (κ1) is 10.4. The van der Waals surface area contributed by atoms with Crippen LogP contribution in [0.5, 0.6) is 0 Å². The van der Waals surface area contributed by atoms with Crippen LogP contribution in [-0.2, 0) is 0 Å². The summed E-state index contributed by atoms with van der Waals surface area (Å²) in [5.74, 6) is -0.395. The zero-order chi connectivity index (χ0) is 10.0. The summed E-state index contributed by atoms with van der Waals surface area (Å²) in [6.45, 7) is 1.98. The van der Waals surface area contributed by atoms with Gasteiger partial charge in [0.25, 0.3) is 0 Å². The van der Waals surface area contributed by atoms with E-state index >= 15 is 0 Å². The predicted molar refractivity (Wildman–Crippen MR) is 52.1 cm³/mol. The van der Waals surface area contributed by atoms with Gasteiger partial charge in [0.2, 0.25) is 0 Å². The molecule has 0 amide bonds. The lowest BCUT2D eigenvalue weighted by Crippen LogP contribution is -2.22. The van der Waals surface area contributed by atoms with Gasteiger partial charge in [0, 0.05) is 18.2 Å². The second-order valence-corrected chi connectivity index (χ2v) is 3.31. The van der Waals surface area contributed by atoms with E-state index in [1.54, 1.807) is 13.0 Å². The minimum absolute atomic E-state index is 0.181. The van der Waals surface area contributed by atoms with E-state index in [2.05, 4.69) is 0 Å². The molecule has 2 nitrogen and oxygen atoms in total. The van der Waals surface area contributed by atoms with Gasteiger partial charge in [-0.15, -0.1) is 0 Å². The maximum Gasteiger partial charge on any atom is 0.129 e. The first-order chi connectivity index (χ1) is 6.07. The molecule has 72 valence electrons. The van der Waals surface area contributed by atoms with Gasteiger partial charge >= 0.3 is 0 Å². The van der Waals surface area contributed by atoms with Crippen molar-refractivity contribution < 1.29 is 4.39 Å². The average molecular weight is 203 g/mol. The minimum Gasteiger partial charge on any atom is -0.329 e. The number of rotatable bonds is 2. The summed E-state index contributed by atoms with van der Waals surface area (Å²) >= 11 is 5.90. The highest BCUT2D eigenvalue weighted by Crippen LogP contribution is 2.27. The van der Waals surface area contributed by atoms with Crippen LogP contribution in [0.1, 0.15) is 17.2 Å². The highest BCUT2D eigenvalue weighted by Gasteiger charge is 2.15. The lowest BCUT2D eigenvalue weighted by atomic mass is 10.0. The minimum atomic E-state index is -0.535. The number of halogens is 2. The normalized spacial score (nSPS) is 13.0. The van der Waals surface area contributed by atoms with Crippen LogP contribution in [0.4, 0.5) is 4.39 Å². The van der Waals surface area contributed by atoms with Crippen LogP contribution in [0.25, 0.3) is 0 Å². The first-order valence-corrected chi connectivity index (χ1v) is 4.36. The standard InChI is InChI=1S/C9H12ClFN2/c1-5-2-3-6(11)8(9(5)10)7(13)4-12/h2-3,7H,4,12-13H2,1H3. The molecule has 0 bridgehead atoms. The van der Waals surface area contributed by atoms with Gasteiger partial charge in [-0.25, -0.2) is 4.39 Å². The number of hydrogen-bond donors (Lipinski definition) is 2. The van der Waals surface area contributed by atoms with Crippen LogP contribution in [0.15, 0.2) is 12.1 Å². The zero-order valence-electron chi connectivity index (χ0n) is 7.35. The van der Waals surface area contributed by atoms with Crippen LogP contribution in [0.3, 0.4) is 0 Å². The molecule has 0 aliphatic carbocycles. The molecule has 0 fully saturated rings. The molecule has 0 heterocycles. The largest absolute Gasteiger partial charge is 0.329 e. The fourth-order valence-corrected chi connectivity index (χ4v) is 1.43. The molecule has 1 atom stereocenters. The van der Waals surface area contributed by atoms with Gasteiger partial charge in [0.05, 0.1) is 5.02 Å². The third-order valence-corrected chi connectivity index (χ3v) is 2.45. The van der Waals surface area contributed by atoms with Crippen LogP contribution >= 0.6 is 11.6 Å². The molecule has 13 heavy (non-hydrogen) atoms. The second kappa shape index (κ2) is 4.05. The highest BCUT2D eigenvalue weighted by molar-refractivity contribution is 6.32. The number of aryl methyl sites for hydroxylation is 1. The molecule has 4 N–H and O–H groups in total. The van der Waals surface area contributed by atoms with Crippen molar-refractivity contribution in [2.75, 3.05) is 6.54 Å². The molecular weight excluding hydrogens is 191 g/mol. The molecule has 0 saturated carbocycles. The van der Waals surface area contributed by atoms with Crippen LogP contribution in [-0.4, -0.2) is 6.54 Å².